The summed E-state index contributed by atoms with van der Waals surface area (Å²) >= 11 is 5.73. The van der Waals surface area contributed by atoms with Gasteiger partial charge in [-0.1, -0.05) is 17.7 Å². The third-order valence-corrected chi connectivity index (χ3v) is 2.94. The van der Waals surface area contributed by atoms with Crippen LogP contribution in [0.3, 0.4) is 0 Å². The molecular formula is C15H15ClFNO. The number of benzene rings is 2. The van der Waals surface area contributed by atoms with Crippen LogP contribution in [-0.2, 0) is 6.54 Å². The molecule has 0 aliphatic carbocycles. The second-order valence-electron chi connectivity index (χ2n) is 4.06. The Labute approximate surface area is 117 Å². The molecule has 0 aliphatic rings. The summed E-state index contributed by atoms with van der Waals surface area (Å²) in [5, 5.41) is 3.38. The Hall–Kier alpha value is -1.74. The second-order valence-corrected chi connectivity index (χ2v) is 4.47. The predicted molar refractivity (Wildman–Crippen MR) is 76.3 cm³/mol. The maximum Gasteiger partial charge on any atom is 0.141 e. The maximum atomic E-state index is 13.0. The highest BCUT2D eigenvalue weighted by molar-refractivity contribution is 6.30. The van der Waals surface area contributed by atoms with Gasteiger partial charge in [-0.05, 0) is 48.9 Å². The van der Waals surface area contributed by atoms with E-state index >= 15 is 0 Å². The zero-order valence-corrected chi connectivity index (χ0v) is 11.4. The number of anilines is 1. The van der Waals surface area contributed by atoms with E-state index in [1.54, 1.807) is 12.1 Å². The molecule has 19 heavy (non-hydrogen) atoms. The fourth-order valence-electron chi connectivity index (χ4n) is 1.69. The Balaban J connectivity index is 1.96. The number of halogens is 2. The smallest absolute Gasteiger partial charge is 0.141 e. The molecule has 0 amide bonds. The molecule has 0 unspecified atom stereocenters. The summed E-state index contributed by atoms with van der Waals surface area (Å²) in [5.74, 6) is 0.448. The molecule has 0 spiro atoms. The van der Waals surface area contributed by atoms with Gasteiger partial charge >= 0.3 is 0 Å². The van der Waals surface area contributed by atoms with E-state index in [0.717, 1.165) is 17.0 Å². The first-order valence-corrected chi connectivity index (χ1v) is 6.47. The van der Waals surface area contributed by atoms with Crippen molar-refractivity contribution in [2.75, 3.05) is 11.9 Å². The van der Waals surface area contributed by atoms with Crippen LogP contribution in [0.5, 0.6) is 5.75 Å². The molecule has 100 valence electrons. The van der Waals surface area contributed by atoms with Crippen LogP contribution in [0.2, 0.25) is 5.02 Å². The van der Waals surface area contributed by atoms with Crippen LogP contribution >= 0.6 is 11.6 Å². The molecule has 0 heterocycles. The number of hydrogen-bond donors (Lipinski definition) is 1. The molecule has 0 aromatic heterocycles. The molecule has 0 aliphatic heterocycles. The lowest BCUT2D eigenvalue weighted by Crippen LogP contribution is -2.00. The monoisotopic (exact) mass is 279 g/mol. The Kier molecular flexibility index (Phi) is 4.63. The zero-order valence-electron chi connectivity index (χ0n) is 10.6. The summed E-state index contributed by atoms with van der Waals surface area (Å²) in [6.45, 7) is 3.19. The van der Waals surface area contributed by atoms with E-state index in [1.807, 2.05) is 31.2 Å². The van der Waals surface area contributed by atoms with Crippen LogP contribution in [0.1, 0.15) is 12.5 Å². The van der Waals surface area contributed by atoms with Gasteiger partial charge in [0.1, 0.15) is 11.6 Å². The van der Waals surface area contributed by atoms with Crippen LogP contribution in [0.15, 0.2) is 42.5 Å². The van der Waals surface area contributed by atoms with Gasteiger partial charge in [-0.25, -0.2) is 4.39 Å². The summed E-state index contributed by atoms with van der Waals surface area (Å²) in [7, 11) is 0. The molecule has 4 heteroatoms. The fourth-order valence-corrected chi connectivity index (χ4v) is 1.89. The summed E-state index contributed by atoms with van der Waals surface area (Å²) < 4.78 is 18.4. The Bertz CT molecular complexity index is 542. The molecular weight excluding hydrogens is 265 g/mol. The predicted octanol–water partition coefficient (Wildman–Crippen LogP) is 4.49. The van der Waals surface area contributed by atoms with E-state index in [9.17, 15) is 4.39 Å². The lowest BCUT2D eigenvalue weighted by molar-refractivity contribution is 0.340. The summed E-state index contributed by atoms with van der Waals surface area (Å²) in [6.07, 6.45) is 0. The number of nitrogens with one attached hydrogen (secondary N) is 1. The van der Waals surface area contributed by atoms with Gasteiger partial charge in [-0.3, -0.25) is 0 Å². The molecule has 1 N–H and O–H groups in total. The average molecular weight is 280 g/mol. The number of ether oxygens (including phenoxy) is 1. The molecule has 2 rings (SSSR count). The first kappa shape index (κ1) is 13.7. The van der Waals surface area contributed by atoms with Crippen LogP contribution in [0.25, 0.3) is 0 Å². The first-order chi connectivity index (χ1) is 9.19. The van der Waals surface area contributed by atoms with Gasteiger partial charge in [0.25, 0.3) is 0 Å². The molecule has 0 bridgehead atoms. The minimum atomic E-state index is -0.397. The molecule has 2 nitrogen and oxygen atoms in total. The van der Waals surface area contributed by atoms with Crippen molar-refractivity contribution in [1.82, 2.24) is 0 Å². The largest absolute Gasteiger partial charge is 0.494 e. The Morgan fingerprint density at radius 2 is 1.89 bits per heavy atom. The van der Waals surface area contributed by atoms with E-state index in [4.69, 9.17) is 16.3 Å². The van der Waals surface area contributed by atoms with E-state index in [2.05, 4.69) is 5.32 Å². The molecule has 0 radical (unpaired) electrons. The zero-order chi connectivity index (χ0) is 13.7. The number of rotatable bonds is 5. The first-order valence-electron chi connectivity index (χ1n) is 6.09. The molecule has 2 aromatic carbocycles. The van der Waals surface area contributed by atoms with Crippen molar-refractivity contribution < 1.29 is 9.13 Å². The highest BCUT2D eigenvalue weighted by Crippen LogP contribution is 2.19. The third kappa shape index (κ3) is 3.86. The van der Waals surface area contributed by atoms with Gasteiger partial charge in [-0.2, -0.15) is 0 Å². The van der Waals surface area contributed by atoms with Gasteiger partial charge in [0.05, 0.1) is 11.6 Å². The third-order valence-electron chi connectivity index (χ3n) is 2.65. The minimum absolute atomic E-state index is 0.144. The van der Waals surface area contributed by atoms with Crippen LogP contribution < -0.4 is 10.1 Å². The maximum absolute atomic E-state index is 13.0. The summed E-state index contributed by atoms with van der Waals surface area (Å²) in [5.41, 5.74) is 1.91. The molecule has 2 aromatic rings. The SMILES string of the molecule is CCOc1ccc(NCc2ccc(F)c(Cl)c2)cc1. The minimum Gasteiger partial charge on any atom is -0.494 e. The number of hydrogen-bond acceptors (Lipinski definition) is 2. The van der Waals surface area contributed by atoms with Crippen molar-refractivity contribution in [1.29, 1.82) is 0 Å². The van der Waals surface area contributed by atoms with Crippen molar-refractivity contribution in [3.05, 3.63) is 58.9 Å². The van der Waals surface area contributed by atoms with Crippen LogP contribution in [0.4, 0.5) is 10.1 Å². The summed E-state index contributed by atoms with van der Waals surface area (Å²) in [6, 6.07) is 12.4. The van der Waals surface area contributed by atoms with E-state index in [0.29, 0.717) is 13.2 Å². The van der Waals surface area contributed by atoms with Gasteiger partial charge in [0, 0.05) is 12.2 Å². The second kappa shape index (κ2) is 6.43. The lowest BCUT2D eigenvalue weighted by Gasteiger charge is -2.08. The lowest BCUT2D eigenvalue weighted by atomic mass is 10.2. The van der Waals surface area contributed by atoms with Gasteiger partial charge in [0.15, 0.2) is 0 Å². The normalized spacial score (nSPS) is 10.3. The topological polar surface area (TPSA) is 21.3 Å². The molecule has 0 fully saturated rings. The quantitative estimate of drug-likeness (QED) is 0.871. The van der Waals surface area contributed by atoms with Crippen molar-refractivity contribution >= 4 is 17.3 Å². The molecule has 0 atom stereocenters. The van der Waals surface area contributed by atoms with Crippen molar-refractivity contribution in [2.24, 2.45) is 0 Å². The standard InChI is InChI=1S/C15H15ClFNO/c1-2-19-13-6-4-12(5-7-13)18-10-11-3-8-15(17)14(16)9-11/h3-9,18H,2,10H2,1H3. The van der Waals surface area contributed by atoms with Crippen molar-refractivity contribution in [3.63, 3.8) is 0 Å². The van der Waals surface area contributed by atoms with Gasteiger partial charge < -0.3 is 10.1 Å². The van der Waals surface area contributed by atoms with Gasteiger partial charge in [-0.15, -0.1) is 0 Å². The molecule has 0 saturated carbocycles. The van der Waals surface area contributed by atoms with Crippen molar-refractivity contribution in [2.45, 2.75) is 13.5 Å². The van der Waals surface area contributed by atoms with E-state index in [-0.39, 0.29) is 5.02 Å². The summed E-state index contributed by atoms with van der Waals surface area (Å²) in [4.78, 5) is 0. The van der Waals surface area contributed by atoms with E-state index in [1.165, 1.54) is 6.07 Å². The van der Waals surface area contributed by atoms with Crippen molar-refractivity contribution in [3.8, 4) is 5.75 Å². The van der Waals surface area contributed by atoms with Crippen LogP contribution in [0, 0.1) is 5.82 Å². The van der Waals surface area contributed by atoms with E-state index < -0.39 is 5.82 Å². The van der Waals surface area contributed by atoms with Gasteiger partial charge in [0.2, 0.25) is 0 Å². The Morgan fingerprint density at radius 3 is 2.53 bits per heavy atom. The average Bonchev–Trinajstić information content (AvgIpc) is 2.42. The molecule has 0 saturated heterocycles. The fraction of sp³-hybridized carbons (Fsp3) is 0.200. The highest BCUT2D eigenvalue weighted by Gasteiger charge is 2.01. The highest BCUT2D eigenvalue weighted by atomic mass is 35.5. The Morgan fingerprint density at radius 1 is 1.16 bits per heavy atom. The van der Waals surface area contributed by atoms with Crippen LogP contribution in [-0.4, -0.2) is 6.61 Å².